The van der Waals surface area contributed by atoms with Crippen LogP contribution < -0.4 is 0 Å². The Morgan fingerprint density at radius 1 is 1.26 bits per heavy atom. The molecule has 4 heteroatoms. The predicted octanol–water partition coefficient (Wildman–Crippen LogP) is 3.61. The number of carboxylic acid groups (broad SMARTS) is 1. The Morgan fingerprint density at radius 2 is 2.05 bits per heavy atom. The van der Waals surface area contributed by atoms with Crippen molar-refractivity contribution in [3.8, 4) is 0 Å². The molecule has 1 aromatic heterocycles. The number of carbonyl (C=O) groups is 1. The van der Waals surface area contributed by atoms with E-state index >= 15 is 0 Å². The fourth-order valence-corrected chi connectivity index (χ4v) is 2.16. The van der Waals surface area contributed by atoms with E-state index in [1.807, 2.05) is 6.07 Å². The summed E-state index contributed by atoms with van der Waals surface area (Å²) in [5.74, 6) is -0.837. The average Bonchev–Trinajstić information content (AvgIpc) is 2.88. The number of rotatable bonds is 6. The standard InChI is InChI=1S/C15H15FO3/c16-14-6-2-1-5-13(14)11(10-15(17)18)7-8-12-4-3-9-19-12/h1-6,9,11H,7-8,10H2,(H,17,18). The second-order valence-corrected chi connectivity index (χ2v) is 4.43. The predicted molar refractivity (Wildman–Crippen MR) is 68.4 cm³/mol. The Kier molecular flexibility index (Phi) is 4.34. The van der Waals surface area contributed by atoms with Crippen molar-refractivity contribution in [1.29, 1.82) is 0 Å². The van der Waals surface area contributed by atoms with Gasteiger partial charge in [0.2, 0.25) is 0 Å². The highest BCUT2D eigenvalue weighted by molar-refractivity contribution is 5.68. The summed E-state index contributed by atoms with van der Waals surface area (Å²) >= 11 is 0. The number of hydrogen-bond donors (Lipinski definition) is 1. The topological polar surface area (TPSA) is 50.4 Å². The maximum absolute atomic E-state index is 13.7. The smallest absolute Gasteiger partial charge is 0.303 e. The molecule has 1 atom stereocenters. The molecule has 1 unspecified atom stereocenters. The number of hydrogen-bond acceptors (Lipinski definition) is 2. The van der Waals surface area contributed by atoms with Crippen molar-refractivity contribution in [3.63, 3.8) is 0 Å². The molecule has 1 N–H and O–H groups in total. The highest BCUT2D eigenvalue weighted by atomic mass is 19.1. The molecule has 19 heavy (non-hydrogen) atoms. The van der Waals surface area contributed by atoms with Crippen LogP contribution in [0.4, 0.5) is 4.39 Å². The molecule has 0 fully saturated rings. The zero-order valence-corrected chi connectivity index (χ0v) is 10.4. The van der Waals surface area contributed by atoms with Crippen LogP contribution in [0.1, 0.15) is 30.1 Å². The Morgan fingerprint density at radius 3 is 2.68 bits per heavy atom. The molecule has 0 spiro atoms. The van der Waals surface area contributed by atoms with Gasteiger partial charge in [0, 0.05) is 6.42 Å². The van der Waals surface area contributed by atoms with Gasteiger partial charge < -0.3 is 9.52 Å². The molecule has 3 nitrogen and oxygen atoms in total. The third kappa shape index (κ3) is 3.68. The molecule has 0 aliphatic carbocycles. The van der Waals surface area contributed by atoms with E-state index in [1.54, 1.807) is 30.5 Å². The summed E-state index contributed by atoms with van der Waals surface area (Å²) in [6, 6.07) is 9.94. The Labute approximate surface area is 110 Å². The van der Waals surface area contributed by atoms with Gasteiger partial charge in [-0.1, -0.05) is 18.2 Å². The summed E-state index contributed by atoms with van der Waals surface area (Å²) in [5.41, 5.74) is 0.455. The van der Waals surface area contributed by atoms with E-state index in [2.05, 4.69) is 0 Å². The minimum atomic E-state index is -0.923. The number of carboxylic acids is 1. The molecule has 0 saturated carbocycles. The molecule has 2 aromatic rings. The first-order chi connectivity index (χ1) is 9.16. The second-order valence-electron chi connectivity index (χ2n) is 4.43. The van der Waals surface area contributed by atoms with Crippen LogP contribution in [-0.4, -0.2) is 11.1 Å². The molecular formula is C15H15FO3. The van der Waals surface area contributed by atoms with Crippen LogP contribution >= 0.6 is 0 Å². The summed E-state index contributed by atoms with van der Waals surface area (Å²) in [7, 11) is 0. The summed E-state index contributed by atoms with van der Waals surface area (Å²) in [5, 5.41) is 8.95. The van der Waals surface area contributed by atoms with Crippen molar-refractivity contribution in [3.05, 3.63) is 59.8 Å². The lowest BCUT2D eigenvalue weighted by Gasteiger charge is -2.15. The van der Waals surface area contributed by atoms with Gasteiger partial charge >= 0.3 is 5.97 Å². The number of benzene rings is 1. The lowest BCUT2D eigenvalue weighted by atomic mass is 9.90. The summed E-state index contributed by atoms with van der Waals surface area (Å²) in [4.78, 5) is 10.9. The normalized spacial score (nSPS) is 12.3. The Bertz CT molecular complexity index is 534. The maximum atomic E-state index is 13.7. The maximum Gasteiger partial charge on any atom is 0.303 e. The minimum absolute atomic E-state index is 0.0817. The summed E-state index contributed by atoms with van der Waals surface area (Å²) in [6.07, 6.45) is 2.63. The van der Waals surface area contributed by atoms with Gasteiger partial charge in [-0.15, -0.1) is 0 Å². The van der Waals surface area contributed by atoms with Crippen LogP contribution in [0.5, 0.6) is 0 Å². The van der Waals surface area contributed by atoms with Crippen LogP contribution in [0.15, 0.2) is 47.1 Å². The Hall–Kier alpha value is -2.10. The molecule has 0 amide bonds. The number of halogens is 1. The summed E-state index contributed by atoms with van der Waals surface area (Å²) in [6.45, 7) is 0. The molecule has 0 aliphatic heterocycles. The van der Waals surface area contributed by atoms with Gasteiger partial charge in [-0.2, -0.15) is 0 Å². The molecular weight excluding hydrogens is 247 g/mol. The first kappa shape index (κ1) is 13.3. The molecule has 1 aromatic carbocycles. The highest BCUT2D eigenvalue weighted by Crippen LogP contribution is 2.27. The first-order valence-electron chi connectivity index (χ1n) is 6.15. The number of aryl methyl sites for hydroxylation is 1. The van der Waals surface area contributed by atoms with Gasteiger partial charge in [0.05, 0.1) is 12.7 Å². The third-order valence-corrected chi connectivity index (χ3v) is 3.09. The monoisotopic (exact) mass is 262 g/mol. The van der Waals surface area contributed by atoms with Crippen molar-refractivity contribution < 1.29 is 18.7 Å². The van der Waals surface area contributed by atoms with Gasteiger partial charge in [0.15, 0.2) is 0 Å². The fraction of sp³-hybridized carbons (Fsp3) is 0.267. The molecule has 0 radical (unpaired) electrons. The van der Waals surface area contributed by atoms with E-state index < -0.39 is 5.97 Å². The van der Waals surface area contributed by atoms with Crippen LogP contribution in [0.2, 0.25) is 0 Å². The minimum Gasteiger partial charge on any atom is -0.481 e. The summed E-state index contributed by atoms with van der Waals surface area (Å²) < 4.78 is 19.0. The van der Waals surface area contributed by atoms with Crippen LogP contribution in [0.3, 0.4) is 0 Å². The van der Waals surface area contributed by atoms with Gasteiger partial charge in [-0.05, 0) is 36.1 Å². The van der Waals surface area contributed by atoms with Crippen molar-refractivity contribution in [2.24, 2.45) is 0 Å². The van der Waals surface area contributed by atoms with E-state index in [4.69, 9.17) is 9.52 Å². The van der Waals surface area contributed by atoms with Crippen molar-refractivity contribution in [2.75, 3.05) is 0 Å². The molecule has 0 saturated heterocycles. The van der Waals surface area contributed by atoms with Gasteiger partial charge in [-0.25, -0.2) is 4.39 Å². The Balaban J connectivity index is 2.11. The second kappa shape index (κ2) is 6.18. The number of aliphatic carboxylic acids is 1. The van der Waals surface area contributed by atoms with E-state index in [0.29, 0.717) is 18.4 Å². The van der Waals surface area contributed by atoms with Crippen LogP contribution in [0.25, 0.3) is 0 Å². The van der Waals surface area contributed by atoms with Crippen molar-refractivity contribution >= 4 is 5.97 Å². The van der Waals surface area contributed by atoms with Crippen molar-refractivity contribution in [1.82, 2.24) is 0 Å². The zero-order valence-electron chi connectivity index (χ0n) is 10.4. The van der Waals surface area contributed by atoms with Gasteiger partial charge in [0.25, 0.3) is 0 Å². The quantitative estimate of drug-likeness (QED) is 0.865. The molecule has 100 valence electrons. The highest BCUT2D eigenvalue weighted by Gasteiger charge is 2.19. The molecule has 2 rings (SSSR count). The molecule has 1 heterocycles. The largest absolute Gasteiger partial charge is 0.481 e. The van der Waals surface area contributed by atoms with E-state index in [-0.39, 0.29) is 18.2 Å². The van der Waals surface area contributed by atoms with Crippen molar-refractivity contribution in [2.45, 2.75) is 25.2 Å². The van der Waals surface area contributed by atoms with Gasteiger partial charge in [0.1, 0.15) is 11.6 Å². The zero-order chi connectivity index (χ0) is 13.7. The first-order valence-corrected chi connectivity index (χ1v) is 6.15. The third-order valence-electron chi connectivity index (χ3n) is 3.09. The van der Waals surface area contributed by atoms with Crippen LogP contribution in [-0.2, 0) is 11.2 Å². The van der Waals surface area contributed by atoms with E-state index in [9.17, 15) is 9.18 Å². The van der Waals surface area contributed by atoms with E-state index in [1.165, 1.54) is 6.07 Å². The van der Waals surface area contributed by atoms with Gasteiger partial charge in [-0.3, -0.25) is 4.79 Å². The number of furan rings is 1. The average molecular weight is 262 g/mol. The molecule has 0 aliphatic rings. The fourth-order valence-electron chi connectivity index (χ4n) is 2.16. The SMILES string of the molecule is O=C(O)CC(CCc1ccco1)c1ccccc1F. The van der Waals surface area contributed by atoms with Crippen LogP contribution in [0, 0.1) is 5.82 Å². The molecule has 0 bridgehead atoms. The van der Waals surface area contributed by atoms with E-state index in [0.717, 1.165) is 5.76 Å². The lowest BCUT2D eigenvalue weighted by Crippen LogP contribution is -2.09. The lowest BCUT2D eigenvalue weighted by molar-refractivity contribution is -0.137.